The Morgan fingerprint density at radius 1 is 0.255 bits per heavy atom. The number of hydrogen-bond donors (Lipinski definition) is 0. The highest BCUT2D eigenvalue weighted by molar-refractivity contribution is 4.86. The first-order valence-corrected chi connectivity index (χ1v) is 23.9. The Bertz CT molecular complexity index is 636. The molecule has 0 saturated carbocycles. The molecule has 7 nitrogen and oxygen atoms in total. The van der Waals surface area contributed by atoms with Gasteiger partial charge < -0.3 is 28.4 Å². The summed E-state index contributed by atoms with van der Waals surface area (Å²) in [5, 5.41) is 0. The van der Waals surface area contributed by atoms with Gasteiger partial charge in [-0.1, -0.05) is 156 Å². The molecular weight excluding hydrogens is 687 g/mol. The van der Waals surface area contributed by atoms with E-state index in [-0.39, 0.29) is 18.9 Å². The molecule has 0 spiro atoms. The number of unbranched alkanes of at least 4 members (excludes halogenated alkanes) is 18. The van der Waals surface area contributed by atoms with Crippen molar-refractivity contribution in [2.75, 3.05) is 42.7 Å². The van der Waals surface area contributed by atoms with Crippen LogP contribution >= 0.6 is 0 Å². The van der Waals surface area contributed by atoms with Crippen LogP contribution < -0.4 is 0 Å². The number of nitrogens with zero attached hydrogens (tertiary/aromatic N) is 1. The molecule has 3 atom stereocenters. The van der Waals surface area contributed by atoms with Gasteiger partial charge >= 0.3 is 0 Å². The molecule has 0 rings (SSSR count). The first-order chi connectivity index (χ1) is 27.0. The third kappa shape index (κ3) is 30.4. The lowest BCUT2D eigenvalue weighted by Crippen LogP contribution is -2.49. The molecule has 7 heteroatoms. The van der Waals surface area contributed by atoms with Gasteiger partial charge in [0.25, 0.3) is 0 Å². The summed E-state index contributed by atoms with van der Waals surface area (Å²) in [5.41, 5.74) is 0. The van der Waals surface area contributed by atoms with Crippen molar-refractivity contribution in [3.05, 3.63) is 0 Å². The molecule has 0 aromatic carbocycles. The summed E-state index contributed by atoms with van der Waals surface area (Å²) in [6.45, 7) is 7.30. The summed E-state index contributed by atoms with van der Waals surface area (Å²) in [7, 11) is 10.5. The van der Waals surface area contributed by atoms with Gasteiger partial charge in [0, 0.05) is 60.8 Å². The molecule has 0 aromatic rings. The first kappa shape index (κ1) is 54.7. The molecule has 0 saturated heterocycles. The Kier molecular flexibility index (Phi) is 41.7. The van der Waals surface area contributed by atoms with Crippen LogP contribution in [0.25, 0.3) is 0 Å². The van der Waals surface area contributed by atoms with E-state index in [1.54, 1.807) is 42.7 Å². The maximum atomic E-state index is 5.37. The van der Waals surface area contributed by atoms with Crippen molar-refractivity contribution in [2.24, 2.45) is 0 Å². The van der Waals surface area contributed by atoms with Crippen LogP contribution in [0.2, 0.25) is 0 Å². The number of rotatable bonds is 45. The molecule has 55 heavy (non-hydrogen) atoms. The molecule has 0 aromatic heterocycles. The Hall–Kier alpha value is -0.280. The van der Waals surface area contributed by atoms with Gasteiger partial charge in [-0.25, -0.2) is 0 Å². The smallest absolute Gasteiger partial charge is 0.156 e. The van der Waals surface area contributed by atoms with Crippen molar-refractivity contribution in [1.82, 2.24) is 4.90 Å². The van der Waals surface area contributed by atoms with Crippen molar-refractivity contribution in [1.29, 1.82) is 0 Å². The molecular formula is C48H99NO6. The van der Waals surface area contributed by atoms with E-state index in [0.717, 1.165) is 37.4 Å². The zero-order valence-corrected chi connectivity index (χ0v) is 38.7. The Balaban J connectivity index is 5.28. The molecule has 0 fully saturated rings. The Morgan fingerprint density at radius 3 is 0.618 bits per heavy atom. The largest absolute Gasteiger partial charge is 0.356 e. The summed E-state index contributed by atoms with van der Waals surface area (Å²) in [6, 6.07) is 2.22. The summed E-state index contributed by atoms with van der Waals surface area (Å²) >= 11 is 0. The Morgan fingerprint density at radius 2 is 0.436 bits per heavy atom. The monoisotopic (exact) mass is 786 g/mol. The molecule has 0 heterocycles. The predicted molar refractivity (Wildman–Crippen MR) is 236 cm³/mol. The van der Waals surface area contributed by atoms with E-state index in [1.807, 2.05) is 0 Å². The van der Waals surface area contributed by atoms with Crippen LogP contribution in [0.1, 0.15) is 233 Å². The van der Waals surface area contributed by atoms with Gasteiger partial charge in [-0.2, -0.15) is 0 Å². The first-order valence-electron chi connectivity index (χ1n) is 23.9. The number of methoxy groups -OCH3 is 6. The predicted octanol–water partition coefficient (Wildman–Crippen LogP) is 14.2. The number of hydrogen-bond acceptors (Lipinski definition) is 7. The maximum Gasteiger partial charge on any atom is 0.156 e. The van der Waals surface area contributed by atoms with Crippen LogP contribution in [0.5, 0.6) is 0 Å². The van der Waals surface area contributed by atoms with Crippen LogP contribution in [0.15, 0.2) is 0 Å². The molecule has 332 valence electrons. The fourth-order valence-electron chi connectivity index (χ4n) is 8.94. The normalized spacial score (nSPS) is 13.9. The van der Waals surface area contributed by atoms with Gasteiger partial charge in [-0.05, 0) is 77.0 Å². The van der Waals surface area contributed by atoms with Crippen LogP contribution in [0, 0.1) is 0 Å². The average Bonchev–Trinajstić information content (AvgIpc) is 3.20. The molecule has 0 aliphatic rings. The highest BCUT2D eigenvalue weighted by Crippen LogP contribution is 2.31. The standard InChI is InChI=1S/C48H99NO6/c1-10-34-43(37-28-22-16-13-19-25-31-40-46(50-4)51-5)49(44(35-11-2)38-29-23-17-14-20-26-32-41-47(52-6)53-7)45(36-12-3)39-30-24-18-15-21-27-33-42-48(54-8)55-9/h43-48H,10-42H2,1-9H3. The van der Waals surface area contributed by atoms with E-state index in [4.69, 9.17) is 28.4 Å². The lowest BCUT2D eigenvalue weighted by molar-refractivity contribution is -0.107. The SMILES string of the molecule is CCCC(CCCCCCCCCC(OC)OC)N(C(CCC)CCCCCCCCCC(OC)OC)C(CCC)CCCCCCCCCC(OC)OC. The zero-order chi connectivity index (χ0) is 40.6. The van der Waals surface area contributed by atoms with Gasteiger partial charge in [-0.3, -0.25) is 4.90 Å². The summed E-state index contributed by atoms with van der Waals surface area (Å²) in [4.78, 5) is 3.18. The summed E-state index contributed by atoms with van der Waals surface area (Å²) in [5.74, 6) is 0. The highest BCUT2D eigenvalue weighted by atomic mass is 16.7. The van der Waals surface area contributed by atoms with E-state index >= 15 is 0 Å². The molecule has 0 bridgehead atoms. The second-order valence-electron chi connectivity index (χ2n) is 16.6. The molecule has 0 radical (unpaired) electrons. The van der Waals surface area contributed by atoms with E-state index < -0.39 is 0 Å². The van der Waals surface area contributed by atoms with Crippen molar-refractivity contribution in [2.45, 2.75) is 270 Å². The summed E-state index contributed by atoms with van der Waals surface area (Å²) < 4.78 is 32.2. The third-order valence-electron chi connectivity index (χ3n) is 12.1. The van der Waals surface area contributed by atoms with Crippen LogP contribution in [0.4, 0.5) is 0 Å². The van der Waals surface area contributed by atoms with Crippen molar-refractivity contribution in [3.63, 3.8) is 0 Å². The van der Waals surface area contributed by atoms with Gasteiger partial charge in [-0.15, -0.1) is 0 Å². The van der Waals surface area contributed by atoms with Gasteiger partial charge in [0.15, 0.2) is 18.9 Å². The van der Waals surface area contributed by atoms with Crippen LogP contribution in [0.3, 0.4) is 0 Å². The molecule has 3 unspecified atom stereocenters. The topological polar surface area (TPSA) is 58.6 Å². The minimum absolute atomic E-state index is 0.0375. The van der Waals surface area contributed by atoms with Gasteiger partial charge in [0.05, 0.1) is 0 Å². The van der Waals surface area contributed by atoms with Crippen LogP contribution in [-0.2, 0) is 28.4 Å². The van der Waals surface area contributed by atoms with Gasteiger partial charge in [0.2, 0.25) is 0 Å². The van der Waals surface area contributed by atoms with Crippen molar-refractivity contribution in [3.8, 4) is 0 Å². The Labute approximate surface area is 344 Å². The molecule has 0 aliphatic carbocycles. The molecule has 0 N–H and O–H groups in total. The molecule has 0 aliphatic heterocycles. The van der Waals surface area contributed by atoms with E-state index in [9.17, 15) is 0 Å². The fraction of sp³-hybridized carbons (Fsp3) is 1.00. The highest BCUT2D eigenvalue weighted by Gasteiger charge is 2.31. The lowest BCUT2D eigenvalue weighted by Gasteiger charge is -2.44. The minimum Gasteiger partial charge on any atom is -0.356 e. The zero-order valence-electron chi connectivity index (χ0n) is 38.7. The number of ether oxygens (including phenoxy) is 6. The summed E-state index contributed by atoms with van der Waals surface area (Å²) in [6.07, 6.45) is 43.1. The quantitative estimate of drug-likeness (QED) is 0.0450. The second kappa shape index (κ2) is 41.9. The van der Waals surface area contributed by atoms with Crippen molar-refractivity contribution < 1.29 is 28.4 Å². The minimum atomic E-state index is -0.0375. The van der Waals surface area contributed by atoms with Crippen molar-refractivity contribution >= 4 is 0 Å². The fourth-order valence-corrected chi connectivity index (χ4v) is 8.94. The van der Waals surface area contributed by atoms with Crippen LogP contribution in [-0.4, -0.2) is 84.6 Å². The van der Waals surface area contributed by atoms with E-state index in [1.165, 1.54) is 193 Å². The average molecular weight is 786 g/mol. The van der Waals surface area contributed by atoms with E-state index in [2.05, 4.69) is 25.7 Å². The maximum absolute atomic E-state index is 5.37. The van der Waals surface area contributed by atoms with Gasteiger partial charge in [0.1, 0.15) is 0 Å². The third-order valence-corrected chi connectivity index (χ3v) is 12.1. The second-order valence-corrected chi connectivity index (χ2v) is 16.6. The lowest BCUT2D eigenvalue weighted by atomic mass is 9.90. The molecule has 0 amide bonds. The van der Waals surface area contributed by atoms with E-state index in [0.29, 0.717) is 0 Å².